The van der Waals surface area contributed by atoms with Crippen molar-refractivity contribution in [1.29, 1.82) is 0 Å². The van der Waals surface area contributed by atoms with Crippen LogP contribution in [0.4, 0.5) is 0 Å². The third-order valence-electron chi connectivity index (χ3n) is 14.1. The Hall–Kier alpha value is -3.41. The molecule has 0 aliphatic carbocycles. The summed E-state index contributed by atoms with van der Waals surface area (Å²) in [5.41, 5.74) is 0. The summed E-state index contributed by atoms with van der Waals surface area (Å²) in [7, 11) is 0. The van der Waals surface area contributed by atoms with E-state index in [0.29, 0.717) is 19.3 Å². The molecule has 0 aliphatic heterocycles. The van der Waals surface area contributed by atoms with Gasteiger partial charge in [0.2, 0.25) is 0 Å². The van der Waals surface area contributed by atoms with Crippen LogP contribution in [0, 0.1) is 0 Å². The quantitative estimate of drug-likeness (QED) is 0.0261. The van der Waals surface area contributed by atoms with Crippen LogP contribution < -0.4 is 0 Å². The first kappa shape index (κ1) is 72.6. The summed E-state index contributed by atoms with van der Waals surface area (Å²) in [6.07, 6.45) is 84.6. The van der Waals surface area contributed by atoms with E-state index in [1.54, 1.807) is 0 Å². The largest absolute Gasteiger partial charge is 0.462 e. The monoisotopic (exact) mass is 1060 g/mol. The number of esters is 3. The smallest absolute Gasteiger partial charge is 0.306 e. The van der Waals surface area contributed by atoms with Gasteiger partial charge in [-0.2, -0.15) is 0 Å². The van der Waals surface area contributed by atoms with Crippen LogP contribution in [0.15, 0.2) is 85.1 Å². The number of hydrogen-bond donors (Lipinski definition) is 0. The Kier molecular flexibility index (Phi) is 61.2. The standard InChI is InChI=1S/C70H122O6/c1-4-7-10-13-16-19-22-25-28-31-32-33-34-35-36-37-40-42-45-48-51-54-57-60-63-69(72)75-66-67(76-70(73)64-61-58-55-52-49-46-43-39-30-27-24-21-18-15-12-9-6-3)65-74-68(71)62-59-56-53-50-47-44-41-38-29-26-23-20-17-14-11-8-5-2/h9,12,17-18,20-21,26-27,29-30,43,46,52,55,67H,4-8,10-11,13-16,19,22-25,28,31-42,44-45,47-51,53-54,56-66H2,1-3H3/b12-9-,20-17-,21-18-,29-26-,30-27-,46-43-,55-52-. The van der Waals surface area contributed by atoms with Crippen LogP contribution in [-0.2, 0) is 28.6 Å². The van der Waals surface area contributed by atoms with E-state index in [1.165, 1.54) is 186 Å². The summed E-state index contributed by atoms with van der Waals surface area (Å²) in [5, 5.41) is 0. The van der Waals surface area contributed by atoms with Gasteiger partial charge in [-0.05, 0) is 89.9 Å². The van der Waals surface area contributed by atoms with Crippen molar-refractivity contribution in [3.8, 4) is 0 Å². The van der Waals surface area contributed by atoms with Crippen LogP contribution in [-0.4, -0.2) is 37.2 Å². The molecule has 0 aromatic carbocycles. The van der Waals surface area contributed by atoms with Gasteiger partial charge in [0.1, 0.15) is 13.2 Å². The van der Waals surface area contributed by atoms with Gasteiger partial charge in [-0.1, -0.05) is 298 Å². The Morgan fingerprint density at radius 3 is 0.868 bits per heavy atom. The number of ether oxygens (including phenoxy) is 3. The molecule has 1 unspecified atom stereocenters. The maximum Gasteiger partial charge on any atom is 0.306 e. The SMILES string of the molecule is CC/C=C\C/C=C\C/C=C\C/C=C\C/C=C\CCCC(=O)OC(COC(=O)CCCCCCCCC/C=C\C/C=C\CCCCC)COC(=O)CCCCCCCCCCCCCCCCCCCCCCCCCC. The Bertz CT molecular complexity index is 1450. The number of carbonyl (C=O) groups excluding carboxylic acids is 3. The normalized spacial score (nSPS) is 12.6. The van der Waals surface area contributed by atoms with Gasteiger partial charge in [-0.15, -0.1) is 0 Å². The molecule has 0 rings (SSSR count). The number of allylic oxidation sites excluding steroid dienone is 14. The van der Waals surface area contributed by atoms with Crippen LogP contribution in [0.25, 0.3) is 0 Å². The number of hydrogen-bond acceptors (Lipinski definition) is 6. The molecule has 6 heteroatoms. The molecule has 0 saturated carbocycles. The van der Waals surface area contributed by atoms with Crippen LogP contribution >= 0.6 is 0 Å². The molecule has 0 aromatic heterocycles. The summed E-state index contributed by atoms with van der Waals surface area (Å²) in [6, 6.07) is 0. The highest BCUT2D eigenvalue weighted by Gasteiger charge is 2.19. The molecule has 0 spiro atoms. The van der Waals surface area contributed by atoms with E-state index in [-0.39, 0.29) is 37.5 Å². The fraction of sp³-hybridized carbons (Fsp3) is 0.757. The Balaban J connectivity index is 4.38. The van der Waals surface area contributed by atoms with E-state index >= 15 is 0 Å². The molecule has 0 heterocycles. The molecule has 0 N–H and O–H groups in total. The summed E-state index contributed by atoms with van der Waals surface area (Å²) in [5.74, 6) is -0.952. The van der Waals surface area contributed by atoms with Crippen LogP contribution in [0.2, 0.25) is 0 Å². The van der Waals surface area contributed by atoms with Crippen molar-refractivity contribution in [2.75, 3.05) is 13.2 Å². The molecule has 0 amide bonds. The molecule has 438 valence electrons. The maximum atomic E-state index is 12.9. The molecule has 0 aliphatic rings. The van der Waals surface area contributed by atoms with Gasteiger partial charge in [0.15, 0.2) is 6.10 Å². The lowest BCUT2D eigenvalue weighted by Gasteiger charge is -2.18. The first-order chi connectivity index (χ1) is 37.5. The lowest BCUT2D eigenvalue weighted by Crippen LogP contribution is -2.30. The fourth-order valence-corrected chi connectivity index (χ4v) is 9.28. The third kappa shape index (κ3) is 61.4. The molecule has 0 radical (unpaired) electrons. The lowest BCUT2D eigenvalue weighted by molar-refractivity contribution is -0.167. The highest BCUT2D eigenvalue weighted by atomic mass is 16.6. The van der Waals surface area contributed by atoms with Crippen molar-refractivity contribution in [3.63, 3.8) is 0 Å². The topological polar surface area (TPSA) is 78.9 Å². The zero-order valence-corrected chi connectivity index (χ0v) is 50.3. The fourth-order valence-electron chi connectivity index (χ4n) is 9.28. The molecule has 0 aromatic rings. The minimum absolute atomic E-state index is 0.0992. The second kappa shape index (κ2) is 64.1. The second-order valence-corrected chi connectivity index (χ2v) is 21.6. The number of rotatable bonds is 59. The van der Waals surface area contributed by atoms with E-state index in [9.17, 15) is 14.4 Å². The zero-order chi connectivity index (χ0) is 55.0. The van der Waals surface area contributed by atoms with Crippen LogP contribution in [0.3, 0.4) is 0 Å². The predicted molar refractivity (Wildman–Crippen MR) is 330 cm³/mol. The number of carbonyl (C=O) groups is 3. The molecule has 1 atom stereocenters. The minimum atomic E-state index is -0.810. The Labute approximate surface area is 471 Å². The second-order valence-electron chi connectivity index (χ2n) is 21.6. The van der Waals surface area contributed by atoms with E-state index in [4.69, 9.17) is 14.2 Å². The van der Waals surface area contributed by atoms with Crippen LogP contribution in [0.5, 0.6) is 0 Å². The van der Waals surface area contributed by atoms with E-state index in [0.717, 1.165) is 89.9 Å². The molecular formula is C70H122O6. The van der Waals surface area contributed by atoms with Gasteiger partial charge in [0.05, 0.1) is 0 Å². The first-order valence-electron chi connectivity index (χ1n) is 32.6. The van der Waals surface area contributed by atoms with Gasteiger partial charge in [0, 0.05) is 19.3 Å². The van der Waals surface area contributed by atoms with Crippen molar-refractivity contribution in [2.45, 2.75) is 329 Å². The lowest BCUT2D eigenvalue weighted by atomic mass is 10.0. The predicted octanol–water partition coefficient (Wildman–Crippen LogP) is 22.3. The van der Waals surface area contributed by atoms with Gasteiger partial charge >= 0.3 is 17.9 Å². The van der Waals surface area contributed by atoms with Crippen molar-refractivity contribution in [3.05, 3.63) is 85.1 Å². The first-order valence-corrected chi connectivity index (χ1v) is 32.6. The molecule has 0 fully saturated rings. The summed E-state index contributed by atoms with van der Waals surface area (Å²) in [6.45, 7) is 6.49. The van der Waals surface area contributed by atoms with Crippen molar-refractivity contribution >= 4 is 17.9 Å². The summed E-state index contributed by atoms with van der Waals surface area (Å²) < 4.78 is 16.9. The van der Waals surface area contributed by atoms with E-state index in [2.05, 4.69) is 106 Å². The van der Waals surface area contributed by atoms with Crippen LogP contribution in [0.1, 0.15) is 323 Å². The highest BCUT2D eigenvalue weighted by Crippen LogP contribution is 2.17. The molecular weight excluding hydrogens is 937 g/mol. The minimum Gasteiger partial charge on any atom is -0.462 e. The van der Waals surface area contributed by atoms with Gasteiger partial charge in [0.25, 0.3) is 0 Å². The van der Waals surface area contributed by atoms with Gasteiger partial charge in [-0.3, -0.25) is 14.4 Å². The average Bonchev–Trinajstić information content (AvgIpc) is 3.42. The van der Waals surface area contributed by atoms with Crippen molar-refractivity contribution in [1.82, 2.24) is 0 Å². The number of unbranched alkanes of at least 4 members (excludes halogenated alkanes) is 34. The van der Waals surface area contributed by atoms with E-state index in [1.807, 2.05) is 0 Å². The Morgan fingerprint density at radius 1 is 0.276 bits per heavy atom. The van der Waals surface area contributed by atoms with E-state index < -0.39 is 6.10 Å². The molecule has 0 saturated heterocycles. The third-order valence-corrected chi connectivity index (χ3v) is 14.1. The summed E-state index contributed by atoms with van der Waals surface area (Å²) in [4.78, 5) is 38.3. The van der Waals surface area contributed by atoms with Gasteiger partial charge < -0.3 is 14.2 Å². The Morgan fingerprint density at radius 2 is 0.526 bits per heavy atom. The van der Waals surface area contributed by atoms with Gasteiger partial charge in [-0.25, -0.2) is 0 Å². The molecule has 0 bridgehead atoms. The maximum absolute atomic E-state index is 12.9. The highest BCUT2D eigenvalue weighted by molar-refractivity contribution is 5.71. The molecule has 76 heavy (non-hydrogen) atoms. The zero-order valence-electron chi connectivity index (χ0n) is 50.3. The molecule has 6 nitrogen and oxygen atoms in total. The summed E-state index contributed by atoms with van der Waals surface area (Å²) >= 11 is 0. The average molecular weight is 1060 g/mol. The van der Waals surface area contributed by atoms with Crippen molar-refractivity contribution in [2.24, 2.45) is 0 Å². The van der Waals surface area contributed by atoms with Crippen molar-refractivity contribution < 1.29 is 28.6 Å².